The number of imidazole rings is 1. The smallest absolute Gasteiger partial charge is 0.114 e. The molecule has 5 nitrogen and oxygen atoms in total. The lowest BCUT2D eigenvalue weighted by atomic mass is 10.1. The largest absolute Gasteiger partial charge is 0.397 e. The summed E-state index contributed by atoms with van der Waals surface area (Å²) >= 11 is 0. The van der Waals surface area contributed by atoms with Gasteiger partial charge in [-0.15, -0.1) is 0 Å². The SMILES string of the molecule is Nc1cccc2c1nc(Cc1ccccc1)n2CC(O)CO. The molecule has 0 radical (unpaired) electrons. The summed E-state index contributed by atoms with van der Waals surface area (Å²) in [6.07, 6.45) is -0.180. The van der Waals surface area contributed by atoms with Crippen molar-refractivity contribution in [1.29, 1.82) is 0 Å². The molecule has 0 bridgehead atoms. The van der Waals surface area contributed by atoms with Gasteiger partial charge in [0.05, 0.1) is 30.5 Å². The summed E-state index contributed by atoms with van der Waals surface area (Å²) in [7, 11) is 0. The number of nitrogens with zero attached hydrogens (tertiary/aromatic N) is 2. The molecule has 0 aliphatic carbocycles. The quantitative estimate of drug-likeness (QED) is 0.624. The molecule has 0 aliphatic heterocycles. The van der Waals surface area contributed by atoms with Gasteiger partial charge >= 0.3 is 0 Å². The normalized spacial score (nSPS) is 12.6. The Bertz CT molecular complexity index is 768. The lowest BCUT2D eigenvalue weighted by Crippen LogP contribution is -2.21. The van der Waals surface area contributed by atoms with E-state index in [1.54, 1.807) is 0 Å². The zero-order valence-electron chi connectivity index (χ0n) is 12.2. The van der Waals surface area contributed by atoms with Crippen molar-refractivity contribution in [1.82, 2.24) is 9.55 Å². The molecule has 0 fully saturated rings. The number of anilines is 1. The van der Waals surface area contributed by atoms with E-state index in [2.05, 4.69) is 4.98 Å². The number of rotatable bonds is 5. The maximum Gasteiger partial charge on any atom is 0.114 e. The summed E-state index contributed by atoms with van der Waals surface area (Å²) in [5.74, 6) is 0.826. The van der Waals surface area contributed by atoms with Crippen molar-refractivity contribution in [3.8, 4) is 0 Å². The van der Waals surface area contributed by atoms with Gasteiger partial charge in [-0.25, -0.2) is 4.98 Å². The highest BCUT2D eigenvalue weighted by molar-refractivity contribution is 5.87. The van der Waals surface area contributed by atoms with Crippen LogP contribution in [0.25, 0.3) is 11.0 Å². The predicted molar refractivity (Wildman–Crippen MR) is 86.5 cm³/mol. The number of hydrogen-bond donors (Lipinski definition) is 3. The van der Waals surface area contributed by atoms with E-state index in [4.69, 9.17) is 10.8 Å². The van der Waals surface area contributed by atoms with Crippen LogP contribution in [0, 0.1) is 0 Å². The molecule has 0 saturated heterocycles. The Kier molecular flexibility index (Phi) is 4.09. The highest BCUT2D eigenvalue weighted by atomic mass is 16.3. The third kappa shape index (κ3) is 2.81. The predicted octanol–water partition coefficient (Wildman–Crippen LogP) is 1.56. The van der Waals surface area contributed by atoms with E-state index < -0.39 is 6.10 Å². The molecule has 4 N–H and O–H groups in total. The molecule has 114 valence electrons. The van der Waals surface area contributed by atoms with E-state index in [0.717, 1.165) is 22.4 Å². The number of aromatic nitrogens is 2. The number of para-hydroxylation sites is 1. The molecule has 1 atom stereocenters. The van der Waals surface area contributed by atoms with Crippen molar-refractivity contribution in [3.63, 3.8) is 0 Å². The average molecular weight is 297 g/mol. The van der Waals surface area contributed by atoms with Gasteiger partial charge in [0.2, 0.25) is 0 Å². The molecule has 1 unspecified atom stereocenters. The van der Waals surface area contributed by atoms with Crippen LogP contribution in [-0.2, 0) is 13.0 Å². The fourth-order valence-electron chi connectivity index (χ4n) is 2.60. The minimum Gasteiger partial charge on any atom is -0.397 e. The van der Waals surface area contributed by atoms with E-state index in [1.165, 1.54) is 0 Å². The highest BCUT2D eigenvalue weighted by Crippen LogP contribution is 2.23. The first-order chi connectivity index (χ1) is 10.7. The van der Waals surface area contributed by atoms with Gasteiger partial charge in [-0.2, -0.15) is 0 Å². The van der Waals surface area contributed by atoms with Gasteiger partial charge in [0.1, 0.15) is 11.3 Å². The molecular weight excluding hydrogens is 278 g/mol. The molecule has 0 aliphatic rings. The van der Waals surface area contributed by atoms with Gasteiger partial charge in [0, 0.05) is 6.42 Å². The van der Waals surface area contributed by atoms with Crippen LogP contribution in [0.15, 0.2) is 48.5 Å². The minimum absolute atomic E-state index is 0.285. The molecule has 1 heterocycles. The van der Waals surface area contributed by atoms with Gasteiger partial charge in [-0.3, -0.25) is 0 Å². The number of fused-ring (bicyclic) bond motifs is 1. The Hall–Kier alpha value is -2.37. The van der Waals surface area contributed by atoms with Crippen molar-refractivity contribution in [2.24, 2.45) is 0 Å². The summed E-state index contributed by atoms with van der Waals surface area (Å²) in [6, 6.07) is 15.6. The number of benzene rings is 2. The lowest BCUT2D eigenvalue weighted by molar-refractivity contribution is 0.0815. The van der Waals surface area contributed by atoms with E-state index in [-0.39, 0.29) is 6.61 Å². The van der Waals surface area contributed by atoms with Crippen LogP contribution in [0.3, 0.4) is 0 Å². The maximum atomic E-state index is 9.82. The van der Waals surface area contributed by atoms with Crippen LogP contribution in [0.2, 0.25) is 0 Å². The first-order valence-corrected chi connectivity index (χ1v) is 7.25. The number of aliphatic hydroxyl groups excluding tert-OH is 2. The summed E-state index contributed by atoms with van der Waals surface area (Å²) in [5, 5.41) is 19.0. The third-order valence-electron chi connectivity index (χ3n) is 3.70. The van der Waals surface area contributed by atoms with Gasteiger partial charge in [-0.1, -0.05) is 36.4 Å². The van der Waals surface area contributed by atoms with Crippen molar-refractivity contribution in [2.45, 2.75) is 19.1 Å². The van der Waals surface area contributed by atoms with Crippen LogP contribution < -0.4 is 5.73 Å². The Balaban J connectivity index is 2.07. The molecule has 3 rings (SSSR count). The average Bonchev–Trinajstić information content (AvgIpc) is 2.87. The molecule has 0 saturated carbocycles. The summed E-state index contributed by atoms with van der Waals surface area (Å²) < 4.78 is 1.93. The number of nitrogen functional groups attached to an aromatic ring is 1. The van der Waals surface area contributed by atoms with Gasteiger partial charge in [-0.05, 0) is 17.7 Å². The van der Waals surface area contributed by atoms with E-state index in [1.807, 2.05) is 53.1 Å². The summed E-state index contributed by atoms with van der Waals surface area (Å²) in [5.41, 5.74) is 9.37. The van der Waals surface area contributed by atoms with E-state index in [0.29, 0.717) is 18.7 Å². The standard InChI is InChI=1S/C17H19N3O2/c18-14-7-4-8-15-17(14)19-16(20(15)10-13(22)11-21)9-12-5-2-1-3-6-12/h1-8,13,21-22H,9-11,18H2. The minimum atomic E-state index is -0.826. The maximum absolute atomic E-state index is 9.82. The molecule has 1 aromatic heterocycles. The zero-order valence-corrected chi connectivity index (χ0v) is 12.2. The summed E-state index contributed by atoms with van der Waals surface area (Å²) in [4.78, 5) is 4.64. The molecule has 2 aromatic carbocycles. The van der Waals surface area contributed by atoms with Gasteiger partial charge < -0.3 is 20.5 Å². The monoisotopic (exact) mass is 297 g/mol. The Labute approximate surface area is 128 Å². The van der Waals surface area contributed by atoms with Crippen molar-refractivity contribution >= 4 is 16.7 Å². The Morgan fingerprint density at radius 1 is 1.09 bits per heavy atom. The molecule has 22 heavy (non-hydrogen) atoms. The number of aliphatic hydroxyl groups is 2. The Morgan fingerprint density at radius 3 is 2.59 bits per heavy atom. The van der Waals surface area contributed by atoms with Crippen LogP contribution in [-0.4, -0.2) is 32.5 Å². The van der Waals surface area contributed by atoms with Crippen LogP contribution in [0.5, 0.6) is 0 Å². The van der Waals surface area contributed by atoms with Gasteiger partial charge in [0.15, 0.2) is 0 Å². The molecule has 0 amide bonds. The number of nitrogens with two attached hydrogens (primary N) is 1. The summed E-state index contributed by atoms with van der Waals surface area (Å²) in [6.45, 7) is 0.00534. The number of hydrogen-bond acceptors (Lipinski definition) is 4. The van der Waals surface area contributed by atoms with Gasteiger partial charge in [0.25, 0.3) is 0 Å². The second kappa shape index (κ2) is 6.17. The zero-order chi connectivity index (χ0) is 15.5. The van der Waals surface area contributed by atoms with Crippen molar-refractivity contribution in [3.05, 3.63) is 59.9 Å². The third-order valence-corrected chi connectivity index (χ3v) is 3.70. The lowest BCUT2D eigenvalue weighted by Gasteiger charge is -2.13. The van der Waals surface area contributed by atoms with E-state index in [9.17, 15) is 5.11 Å². The van der Waals surface area contributed by atoms with Crippen LogP contribution in [0.1, 0.15) is 11.4 Å². The second-order valence-corrected chi connectivity index (χ2v) is 5.35. The molecule has 0 spiro atoms. The van der Waals surface area contributed by atoms with Crippen LogP contribution in [0.4, 0.5) is 5.69 Å². The second-order valence-electron chi connectivity index (χ2n) is 5.35. The van der Waals surface area contributed by atoms with E-state index >= 15 is 0 Å². The fraction of sp³-hybridized carbons (Fsp3) is 0.235. The molecule has 5 heteroatoms. The highest BCUT2D eigenvalue weighted by Gasteiger charge is 2.15. The topological polar surface area (TPSA) is 84.3 Å². The molecular formula is C17H19N3O2. The first kappa shape index (κ1) is 14.6. The fourth-order valence-corrected chi connectivity index (χ4v) is 2.60. The Morgan fingerprint density at radius 2 is 1.86 bits per heavy atom. The molecule has 3 aromatic rings. The van der Waals surface area contributed by atoms with Crippen molar-refractivity contribution < 1.29 is 10.2 Å². The van der Waals surface area contributed by atoms with Crippen molar-refractivity contribution in [2.75, 3.05) is 12.3 Å². The van der Waals surface area contributed by atoms with Crippen LogP contribution >= 0.6 is 0 Å². The first-order valence-electron chi connectivity index (χ1n) is 7.25.